The van der Waals surface area contributed by atoms with Crippen LogP contribution >= 0.6 is 23.3 Å². The van der Waals surface area contributed by atoms with Crippen LogP contribution in [0.4, 0.5) is 5.13 Å². The molecule has 0 atom stereocenters. The Morgan fingerprint density at radius 2 is 2.35 bits per heavy atom. The molecule has 0 unspecified atom stereocenters. The Labute approximate surface area is 127 Å². The number of likely N-dealkylation sites (N-methyl/N-ethyl adjacent to an activating group) is 1. The van der Waals surface area contributed by atoms with Crippen LogP contribution in [0.5, 0.6) is 0 Å². The van der Waals surface area contributed by atoms with Crippen LogP contribution in [0.25, 0.3) is 0 Å². The van der Waals surface area contributed by atoms with Crippen molar-refractivity contribution in [1.82, 2.24) is 19.6 Å². The molecule has 0 bridgehead atoms. The van der Waals surface area contributed by atoms with Gasteiger partial charge in [-0.1, -0.05) is 25.6 Å². The summed E-state index contributed by atoms with van der Waals surface area (Å²) in [6.07, 6.45) is 1.09. The summed E-state index contributed by atoms with van der Waals surface area (Å²) < 4.78 is 4.22. The summed E-state index contributed by atoms with van der Waals surface area (Å²) >= 11 is 2.87. The molecule has 112 valence electrons. The van der Waals surface area contributed by atoms with Crippen LogP contribution in [-0.2, 0) is 4.79 Å². The number of thioether (sulfide) groups is 1. The van der Waals surface area contributed by atoms with Crippen LogP contribution in [0.15, 0.2) is 5.16 Å². The first-order valence-corrected chi connectivity index (χ1v) is 8.70. The molecule has 0 spiro atoms. The smallest absolute Gasteiger partial charge is 0.240 e. The second-order valence-electron chi connectivity index (χ2n) is 4.65. The van der Waals surface area contributed by atoms with E-state index in [1.54, 1.807) is 11.8 Å². The van der Waals surface area contributed by atoms with Crippen LogP contribution in [-0.4, -0.2) is 58.1 Å². The third-order valence-electron chi connectivity index (χ3n) is 3.12. The number of nitrogens with zero attached hydrogens (tertiary/aromatic N) is 3. The topological polar surface area (TPSA) is 70.2 Å². The van der Waals surface area contributed by atoms with Crippen LogP contribution in [0.1, 0.15) is 20.3 Å². The molecule has 1 amide bonds. The van der Waals surface area contributed by atoms with Gasteiger partial charge in [-0.05, 0) is 13.0 Å². The van der Waals surface area contributed by atoms with Gasteiger partial charge in [-0.15, -0.1) is 0 Å². The van der Waals surface area contributed by atoms with E-state index in [4.69, 9.17) is 0 Å². The lowest BCUT2D eigenvalue weighted by atomic mass is 10.1. The zero-order valence-corrected chi connectivity index (χ0v) is 13.5. The van der Waals surface area contributed by atoms with Gasteiger partial charge in [0.25, 0.3) is 0 Å². The molecule has 2 heterocycles. The maximum absolute atomic E-state index is 12.0. The highest BCUT2D eigenvalue weighted by molar-refractivity contribution is 7.99. The summed E-state index contributed by atoms with van der Waals surface area (Å²) in [7, 11) is 0. The van der Waals surface area contributed by atoms with E-state index < -0.39 is 0 Å². The van der Waals surface area contributed by atoms with Crippen molar-refractivity contribution in [3.05, 3.63) is 0 Å². The van der Waals surface area contributed by atoms with Gasteiger partial charge >= 0.3 is 0 Å². The summed E-state index contributed by atoms with van der Waals surface area (Å²) in [5, 5.41) is 7.41. The van der Waals surface area contributed by atoms with Crippen molar-refractivity contribution >= 4 is 34.3 Å². The first kappa shape index (κ1) is 15.7. The molecule has 1 aliphatic rings. The fourth-order valence-corrected chi connectivity index (χ4v) is 3.30. The summed E-state index contributed by atoms with van der Waals surface area (Å²) in [6, 6.07) is 0.482. The van der Waals surface area contributed by atoms with Crippen LogP contribution in [0.2, 0.25) is 0 Å². The number of nitrogens with one attached hydrogen (secondary N) is 2. The molecule has 6 nitrogen and oxygen atoms in total. The van der Waals surface area contributed by atoms with Crippen molar-refractivity contribution in [3.8, 4) is 0 Å². The average Bonchev–Trinajstić information content (AvgIpc) is 2.80. The molecule has 0 saturated carbocycles. The van der Waals surface area contributed by atoms with Crippen molar-refractivity contribution in [2.24, 2.45) is 0 Å². The van der Waals surface area contributed by atoms with E-state index in [0.717, 1.165) is 37.0 Å². The number of carbonyl (C=O) groups is 1. The molecule has 1 aliphatic heterocycles. The summed E-state index contributed by atoms with van der Waals surface area (Å²) in [6.45, 7) is 7.44. The molecule has 1 saturated heterocycles. The summed E-state index contributed by atoms with van der Waals surface area (Å²) in [5.74, 6) is 0.990. The fraction of sp³-hybridized carbons (Fsp3) is 0.750. The highest BCUT2D eigenvalue weighted by Crippen LogP contribution is 2.20. The van der Waals surface area contributed by atoms with E-state index in [9.17, 15) is 4.79 Å². The number of hydrogen-bond donors (Lipinski definition) is 2. The van der Waals surface area contributed by atoms with Gasteiger partial charge < -0.3 is 5.32 Å². The average molecular weight is 315 g/mol. The Morgan fingerprint density at radius 1 is 1.55 bits per heavy atom. The molecular weight excluding hydrogens is 294 g/mol. The molecule has 20 heavy (non-hydrogen) atoms. The van der Waals surface area contributed by atoms with Gasteiger partial charge in [0.2, 0.25) is 16.2 Å². The number of rotatable bonds is 8. The molecule has 1 fully saturated rings. The fourth-order valence-electron chi connectivity index (χ4n) is 1.89. The van der Waals surface area contributed by atoms with Crippen molar-refractivity contribution in [2.45, 2.75) is 31.5 Å². The third kappa shape index (κ3) is 4.41. The molecule has 1 aromatic heterocycles. The van der Waals surface area contributed by atoms with Crippen molar-refractivity contribution in [3.63, 3.8) is 0 Å². The Bertz CT molecular complexity index is 435. The monoisotopic (exact) mass is 315 g/mol. The Morgan fingerprint density at radius 3 is 2.95 bits per heavy atom. The normalized spacial score (nSPS) is 15.3. The van der Waals surface area contributed by atoms with Gasteiger partial charge in [0.1, 0.15) is 0 Å². The molecule has 2 rings (SSSR count). The first-order valence-electron chi connectivity index (χ1n) is 6.94. The lowest BCUT2D eigenvalue weighted by Crippen LogP contribution is -2.58. The van der Waals surface area contributed by atoms with E-state index in [0.29, 0.717) is 17.7 Å². The van der Waals surface area contributed by atoms with Gasteiger partial charge in [-0.25, -0.2) is 0 Å². The minimum Gasteiger partial charge on any atom is -0.314 e. The van der Waals surface area contributed by atoms with E-state index in [1.165, 1.54) is 11.5 Å². The second-order valence-corrected chi connectivity index (χ2v) is 6.47. The molecule has 1 aromatic rings. The molecule has 8 heteroatoms. The van der Waals surface area contributed by atoms with Crippen molar-refractivity contribution < 1.29 is 4.79 Å². The zero-order chi connectivity index (χ0) is 14.4. The third-order valence-corrected chi connectivity index (χ3v) is 4.92. The van der Waals surface area contributed by atoms with E-state index in [2.05, 4.69) is 38.7 Å². The lowest BCUT2D eigenvalue weighted by Gasteiger charge is -2.37. The Hall–Kier alpha value is -0.700. The molecule has 0 radical (unpaired) electrons. The highest BCUT2D eigenvalue weighted by atomic mass is 32.2. The number of anilines is 1. The maximum atomic E-state index is 12.0. The molecule has 0 aliphatic carbocycles. The standard InChI is InChI=1S/C12H21N5OS2/c1-3-5-19-12-15-11(20-16-12)14-10(18)8-17(4-2)9-6-13-7-9/h9,13H,3-8H2,1-2H3,(H,14,15,16,18). The van der Waals surface area contributed by atoms with Crippen LogP contribution < -0.4 is 10.6 Å². The van der Waals surface area contributed by atoms with Crippen LogP contribution in [0, 0.1) is 0 Å². The number of aromatic nitrogens is 2. The second kappa shape index (κ2) is 7.92. The van der Waals surface area contributed by atoms with Crippen molar-refractivity contribution in [1.29, 1.82) is 0 Å². The summed E-state index contributed by atoms with van der Waals surface area (Å²) in [5.41, 5.74) is 0. The first-order chi connectivity index (χ1) is 9.72. The van der Waals surface area contributed by atoms with Gasteiger partial charge in [-0.3, -0.25) is 15.0 Å². The minimum absolute atomic E-state index is 0.0121. The summed E-state index contributed by atoms with van der Waals surface area (Å²) in [4.78, 5) is 18.5. The molecular formula is C12H21N5OS2. The van der Waals surface area contributed by atoms with Gasteiger partial charge in [-0.2, -0.15) is 9.36 Å². The highest BCUT2D eigenvalue weighted by Gasteiger charge is 2.25. The Kier molecular flexibility index (Phi) is 6.21. The van der Waals surface area contributed by atoms with Crippen molar-refractivity contribution in [2.75, 3.05) is 37.2 Å². The molecule has 0 aromatic carbocycles. The van der Waals surface area contributed by atoms with E-state index >= 15 is 0 Å². The number of hydrogen-bond acceptors (Lipinski definition) is 7. The Balaban J connectivity index is 1.79. The largest absolute Gasteiger partial charge is 0.314 e. The quantitative estimate of drug-likeness (QED) is 0.704. The predicted molar refractivity (Wildman–Crippen MR) is 83.5 cm³/mol. The van der Waals surface area contributed by atoms with Gasteiger partial charge in [0.15, 0.2) is 0 Å². The predicted octanol–water partition coefficient (Wildman–Crippen LogP) is 1.27. The number of carbonyl (C=O) groups excluding carboxylic acids is 1. The van der Waals surface area contributed by atoms with Gasteiger partial charge in [0, 0.05) is 36.4 Å². The van der Waals surface area contributed by atoms with Crippen LogP contribution in [0.3, 0.4) is 0 Å². The molecule has 2 N–H and O–H groups in total. The zero-order valence-electron chi connectivity index (χ0n) is 11.9. The number of amides is 1. The van der Waals surface area contributed by atoms with E-state index in [1.807, 2.05) is 0 Å². The van der Waals surface area contributed by atoms with E-state index in [-0.39, 0.29) is 5.91 Å². The minimum atomic E-state index is -0.0121. The maximum Gasteiger partial charge on any atom is 0.240 e. The van der Waals surface area contributed by atoms with Gasteiger partial charge in [0.05, 0.1) is 6.54 Å². The SMILES string of the molecule is CCCSc1nsc(NC(=O)CN(CC)C2CNC2)n1. The lowest BCUT2D eigenvalue weighted by molar-refractivity contribution is -0.118.